The summed E-state index contributed by atoms with van der Waals surface area (Å²) in [5.41, 5.74) is 1.78. The molecule has 0 amide bonds. The van der Waals surface area contributed by atoms with Crippen LogP contribution in [0.3, 0.4) is 0 Å². The van der Waals surface area contributed by atoms with Crippen LogP contribution in [0.2, 0.25) is 0 Å². The average molecular weight is 388 g/mol. The molecule has 29 heavy (non-hydrogen) atoms. The smallest absolute Gasteiger partial charge is 0.293 e. The lowest BCUT2D eigenvalue weighted by Crippen LogP contribution is -2.26. The minimum absolute atomic E-state index is 0.223. The third-order valence-corrected chi connectivity index (χ3v) is 4.65. The molecular weight excluding hydrogens is 372 g/mol. The lowest BCUT2D eigenvalue weighted by molar-refractivity contribution is 0.445. The van der Waals surface area contributed by atoms with Gasteiger partial charge in [0, 0.05) is 35.6 Å². The van der Waals surface area contributed by atoms with Gasteiger partial charge in [-0.25, -0.2) is 9.67 Å². The van der Waals surface area contributed by atoms with E-state index >= 15 is 0 Å². The Morgan fingerprint density at radius 1 is 1.00 bits per heavy atom. The van der Waals surface area contributed by atoms with Gasteiger partial charge in [-0.3, -0.25) is 9.36 Å². The summed E-state index contributed by atoms with van der Waals surface area (Å²) >= 11 is 0. The Hall–Kier alpha value is -4.08. The summed E-state index contributed by atoms with van der Waals surface area (Å²) in [6.45, 7) is 2.12. The van der Waals surface area contributed by atoms with E-state index in [1.165, 1.54) is 17.3 Å². The second kappa shape index (κ2) is 6.51. The van der Waals surface area contributed by atoms with Gasteiger partial charge >= 0.3 is 0 Å². The number of ether oxygens (including phenoxy) is 1. The van der Waals surface area contributed by atoms with Gasteiger partial charge in [0.05, 0.1) is 6.20 Å². The van der Waals surface area contributed by atoms with Crippen molar-refractivity contribution in [2.75, 3.05) is 0 Å². The van der Waals surface area contributed by atoms with Gasteiger partial charge in [-0.15, -0.1) is 10.2 Å². The predicted molar refractivity (Wildman–Crippen MR) is 105 cm³/mol. The molecule has 5 heterocycles. The van der Waals surface area contributed by atoms with Gasteiger partial charge in [0.25, 0.3) is 5.56 Å². The normalized spacial score (nSPS) is 11.4. The zero-order valence-corrected chi connectivity index (χ0v) is 15.7. The number of aryl methyl sites for hydroxylation is 2. The Bertz CT molecular complexity index is 1400. The minimum Gasteiger partial charge on any atom is -0.421 e. The fourth-order valence-corrected chi connectivity index (χ4v) is 3.29. The Morgan fingerprint density at radius 3 is 2.59 bits per heavy atom. The number of nitrogens with zero attached hydrogens (tertiary/aromatic N) is 8. The second-order valence-electron chi connectivity index (χ2n) is 6.63. The quantitative estimate of drug-likeness (QED) is 0.463. The van der Waals surface area contributed by atoms with E-state index in [1.54, 1.807) is 34.5 Å². The maximum atomic E-state index is 13.0. The summed E-state index contributed by atoms with van der Waals surface area (Å²) in [6.07, 6.45) is 4.74. The number of pyridine rings is 2. The van der Waals surface area contributed by atoms with Crippen molar-refractivity contribution in [3.05, 3.63) is 65.2 Å². The van der Waals surface area contributed by atoms with Crippen LogP contribution < -0.4 is 10.3 Å². The van der Waals surface area contributed by atoms with Gasteiger partial charge in [0.1, 0.15) is 30.5 Å². The highest BCUT2D eigenvalue weighted by Gasteiger charge is 2.16. The molecule has 0 spiro atoms. The van der Waals surface area contributed by atoms with Crippen molar-refractivity contribution in [3.8, 4) is 11.8 Å². The van der Waals surface area contributed by atoms with Crippen LogP contribution >= 0.6 is 0 Å². The first kappa shape index (κ1) is 17.0. The first-order valence-electron chi connectivity index (χ1n) is 8.89. The highest BCUT2D eigenvalue weighted by atomic mass is 16.5. The molecule has 0 aliphatic carbocycles. The lowest BCUT2D eigenvalue weighted by Gasteiger charge is -2.05. The van der Waals surface area contributed by atoms with E-state index in [0.29, 0.717) is 22.9 Å². The molecule has 5 rings (SSSR count). The Morgan fingerprint density at radius 2 is 1.79 bits per heavy atom. The van der Waals surface area contributed by atoms with E-state index in [1.807, 2.05) is 25.1 Å². The highest BCUT2D eigenvalue weighted by Crippen LogP contribution is 2.27. The largest absolute Gasteiger partial charge is 0.421 e. The number of hydrogen-bond donors (Lipinski definition) is 0. The van der Waals surface area contributed by atoms with Gasteiger partial charge in [-0.05, 0) is 19.1 Å². The second-order valence-corrected chi connectivity index (χ2v) is 6.63. The SMILES string of the molecule is Cc1cccc(Oc2ccc3c4cnn(Cn5cnnc5)c(=O)c4n(C)c3n2)n1. The molecule has 0 saturated carbocycles. The van der Waals surface area contributed by atoms with Gasteiger partial charge in [-0.1, -0.05) is 6.07 Å². The van der Waals surface area contributed by atoms with Gasteiger partial charge in [0.2, 0.25) is 11.8 Å². The highest BCUT2D eigenvalue weighted by molar-refractivity contribution is 6.05. The van der Waals surface area contributed by atoms with Crippen LogP contribution in [0.1, 0.15) is 5.69 Å². The topological polar surface area (TPSA) is 106 Å². The molecule has 0 atom stereocenters. The molecule has 0 unspecified atom stereocenters. The van der Waals surface area contributed by atoms with Crippen LogP contribution in [-0.4, -0.2) is 39.1 Å². The number of rotatable bonds is 4. The van der Waals surface area contributed by atoms with E-state index in [4.69, 9.17) is 4.74 Å². The van der Waals surface area contributed by atoms with Gasteiger partial charge in [0.15, 0.2) is 0 Å². The van der Waals surface area contributed by atoms with Crippen molar-refractivity contribution in [1.29, 1.82) is 0 Å². The Kier molecular flexibility index (Phi) is 3.83. The molecule has 144 valence electrons. The lowest BCUT2D eigenvalue weighted by atomic mass is 10.2. The van der Waals surface area contributed by atoms with Gasteiger partial charge < -0.3 is 9.30 Å². The summed E-state index contributed by atoms with van der Waals surface area (Å²) in [4.78, 5) is 21.9. The van der Waals surface area contributed by atoms with Crippen LogP contribution in [0.15, 0.2) is 54.0 Å². The van der Waals surface area contributed by atoms with Crippen LogP contribution in [0, 0.1) is 6.92 Å². The van der Waals surface area contributed by atoms with Crippen LogP contribution in [0.25, 0.3) is 21.9 Å². The minimum atomic E-state index is -0.223. The van der Waals surface area contributed by atoms with Crippen molar-refractivity contribution < 1.29 is 4.74 Å². The fraction of sp³-hybridized carbons (Fsp3) is 0.158. The molecule has 0 aromatic carbocycles. The average Bonchev–Trinajstić information content (AvgIpc) is 3.31. The summed E-state index contributed by atoms with van der Waals surface area (Å²) in [5.74, 6) is 0.868. The summed E-state index contributed by atoms with van der Waals surface area (Å²) in [7, 11) is 1.80. The molecule has 0 radical (unpaired) electrons. The fourth-order valence-electron chi connectivity index (χ4n) is 3.29. The van der Waals surface area contributed by atoms with Crippen molar-refractivity contribution in [2.24, 2.45) is 7.05 Å². The molecule has 0 bridgehead atoms. The van der Waals surface area contributed by atoms with Crippen molar-refractivity contribution in [3.63, 3.8) is 0 Å². The first-order chi connectivity index (χ1) is 14.1. The zero-order chi connectivity index (χ0) is 20.0. The van der Waals surface area contributed by atoms with Crippen LogP contribution in [0.5, 0.6) is 11.8 Å². The standard InChI is InChI=1S/C19H16N8O2/c1-12-4-3-5-15(23-12)29-16-7-6-13-14-8-22-27(11-26-9-20-21-10-26)19(28)17(14)25(2)18(13)24-16/h3-10H,11H2,1-2H3. The molecule has 10 nitrogen and oxygen atoms in total. The van der Waals surface area contributed by atoms with Crippen LogP contribution in [0.4, 0.5) is 0 Å². The molecule has 0 aliphatic heterocycles. The summed E-state index contributed by atoms with van der Waals surface area (Å²) in [5, 5.41) is 13.3. The third-order valence-electron chi connectivity index (χ3n) is 4.65. The molecule has 10 heteroatoms. The molecular formula is C19H16N8O2. The summed E-state index contributed by atoms with van der Waals surface area (Å²) < 4.78 is 10.6. The van der Waals surface area contributed by atoms with E-state index in [0.717, 1.165) is 16.5 Å². The van der Waals surface area contributed by atoms with Crippen molar-refractivity contribution >= 4 is 21.9 Å². The zero-order valence-electron chi connectivity index (χ0n) is 15.7. The number of hydrogen-bond acceptors (Lipinski definition) is 7. The monoisotopic (exact) mass is 388 g/mol. The summed E-state index contributed by atoms with van der Waals surface area (Å²) in [6, 6.07) is 9.17. The van der Waals surface area contributed by atoms with Gasteiger partial charge in [-0.2, -0.15) is 10.1 Å². The Labute approximate surface area is 164 Å². The number of aromatic nitrogens is 8. The molecule has 5 aromatic heterocycles. The first-order valence-corrected chi connectivity index (χ1v) is 8.89. The van der Waals surface area contributed by atoms with E-state index < -0.39 is 0 Å². The Balaban J connectivity index is 1.61. The predicted octanol–water partition coefficient (Wildman–Crippen LogP) is 1.88. The van der Waals surface area contributed by atoms with E-state index in [-0.39, 0.29) is 12.2 Å². The molecule has 0 N–H and O–H groups in total. The molecule has 5 aromatic rings. The van der Waals surface area contributed by atoms with E-state index in [9.17, 15) is 4.79 Å². The van der Waals surface area contributed by atoms with Crippen LogP contribution in [-0.2, 0) is 13.7 Å². The van der Waals surface area contributed by atoms with Crippen molar-refractivity contribution in [2.45, 2.75) is 13.6 Å². The molecule has 0 aliphatic rings. The molecule has 0 saturated heterocycles. The van der Waals surface area contributed by atoms with E-state index in [2.05, 4.69) is 25.3 Å². The number of fused-ring (bicyclic) bond motifs is 3. The molecule has 0 fully saturated rings. The maximum Gasteiger partial charge on any atom is 0.293 e. The van der Waals surface area contributed by atoms with Crippen molar-refractivity contribution in [1.82, 2.24) is 39.1 Å². The maximum absolute atomic E-state index is 13.0. The third kappa shape index (κ3) is 2.90.